The van der Waals surface area contributed by atoms with Crippen molar-refractivity contribution < 1.29 is 0 Å². The van der Waals surface area contributed by atoms with Crippen molar-refractivity contribution in [2.24, 2.45) is 11.8 Å². The third-order valence-electron chi connectivity index (χ3n) is 3.18. The molecular formula is C11H10BrClN2. The molecular weight excluding hydrogens is 275 g/mol. The van der Waals surface area contributed by atoms with Crippen LogP contribution in [0, 0.1) is 11.8 Å². The summed E-state index contributed by atoms with van der Waals surface area (Å²) in [4.78, 5) is 4.22. The Kier molecular flexibility index (Phi) is 2.34. The quantitative estimate of drug-likeness (QED) is 0.803. The van der Waals surface area contributed by atoms with Crippen LogP contribution in [-0.2, 0) is 0 Å². The van der Waals surface area contributed by atoms with Crippen LogP contribution in [0.15, 0.2) is 22.9 Å². The summed E-state index contributed by atoms with van der Waals surface area (Å²) < 4.78 is 0.717. The van der Waals surface area contributed by atoms with Crippen molar-refractivity contribution in [2.75, 3.05) is 13.1 Å². The van der Waals surface area contributed by atoms with Gasteiger partial charge >= 0.3 is 0 Å². The van der Waals surface area contributed by atoms with E-state index in [4.69, 9.17) is 11.6 Å². The molecule has 1 aromatic heterocycles. The Morgan fingerprint density at radius 2 is 2.33 bits per heavy atom. The van der Waals surface area contributed by atoms with Crippen LogP contribution in [0.1, 0.15) is 5.56 Å². The fourth-order valence-corrected chi connectivity index (χ4v) is 2.72. The number of rotatable bonds is 1. The van der Waals surface area contributed by atoms with Gasteiger partial charge in [0.2, 0.25) is 0 Å². The number of pyridine rings is 1. The van der Waals surface area contributed by atoms with E-state index in [1.165, 1.54) is 5.57 Å². The van der Waals surface area contributed by atoms with Crippen LogP contribution in [0.4, 0.5) is 0 Å². The van der Waals surface area contributed by atoms with Gasteiger partial charge in [-0.05, 0) is 39.1 Å². The first-order chi connectivity index (χ1) is 7.25. The van der Waals surface area contributed by atoms with Crippen molar-refractivity contribution in [3.05, 3.63) is 33.5 Å². The SMILES string of the molecule is Clc1cc(C2=C[C@H]3CNC[C@@H]23)cnc1Br. The van der Waals surface area contributed by atoms with E-state index in [0.717, 1.165) is 24.6 Å². The summed E-state index contributed by atoms with van der Waals surface area (Å²) in [5.41, 5.74) is 2.56. The van der Waals surface area contributed by atoms with Gasteiger partial charge in [-0.25, -0.2) is 4.98 Å². The van der Waals surface area contributed by atoms with Crippen molar-refractivity contribution in [2.45, 2.75) is 0 Å². The topological polar surface area (TPSA) is 24.9 Å². The Morgan fingerprint density at radius 3 is 3.07 bits per heavy atom. The molecule has 1 N–H and O–H groups in total. The molecule has 2 nitrogen and oxygen atoms in total. The van der Waals surface area contributed by atoms with E-state index in [2.05, 4.69) is 32.3 Å². The van der Waals surface area contributed by atoms with E-state index in [0.29, 0.717) is 15.5 Å². The van der Waals surface area contributed by atoms with Crippen LogP contribution in [0.5, 0.6) is 0 Å². The largest absolute Gasteiger partial charge is 0.315 e. The molecule has 0 bridgehead atoms. The summed E-state index contributed by atoms with van der Waals surface area (Å²) in [6, 6.07) is 1.99. The zero-order valence-corrected chi connectivity index (χ0v) is 10.3. The number of fused-ring (bicyclic) bond motifs is 1. The number of nitrogens with one attached hydrogen (secondary N) is 1. The summed E-state index contributed by atoms with van der Waals surface area (Å²) in [6.07, 6.45) is 4.21. The highest BCUT2D eigenvalue weighted by atomic mass is 79.9. The van der Waals surface area contributed by atoms with E-state index in [-0.39, 0.29) is 0 Å². The van der Waals surface area contributed by atoms with Crippen LogP contribution >= 0.6 is 27.5 Å². The molecule has 78 valence electrons. The second-order valence-electron chi connectivity index (χ2n) is 4.05. The van der Waals surface area contributed by atoms with Crippen molar-refractivity contribution in [1.29, 1.82) is 0 Å². The van der Waals surface area contributed by atoms with Gasteiger partial charge in [-0.15, -0.1) is 0 Å². The molecule has 1 saturated heterocycles. The first-order valence-corrected chi connectivity index (χ1v) is 6.16. The van der Waals surface area contributed by atoms with Crippen molar-refractivity contribution in [3.8, 4) is 0 Å². The number of hydrogen-bond acceptors (Lipinski definition) is 2. The maximum atomic E-state index is 6.03. The predicted octanol–water partition coefficient (Wildman–Crippen LogP) is 2.73. The first kappa shape index (κ1) is 9.82. The third-order valence-corrected chi connectivity index (χ3v) is 4.33. The van der Waals surface area contributed by atoms with Crippen LogP contribution in [-0.4, -0.2) is 18.1 Å². The summed E-state index contributed by atoms with van der Waals surface area (Å²) in [5, 5.41) is 4.08. The summed E-state index contributed by atoms with van der Waals surface area (Å²) in [7, 11) is 0. The predicted molar refractivity (Wildman–Crippen MR) is 64.8 cm³/mol. The Balaban J connectivity index is 1.94. The van der Waals surface area contributed by atoms with E-state index in [1.807, 2.05) is 12.3 Å². The fraction of sp³-hybridized carbons (Fsp3) is 0.364. The van der Waals surface area contributed by atoms with Crippen LogP contribution in [0.3, 0.4) is 0 Å². The standard InChI is InChI=1S/C11H10BrClN2/c12-11-10(13)2-7(4-15-11)8-1-6-3-14-5-9(6)8/h1-2,4,6,9,14H,3,5H2/t6-,9+/m0/s1. The molecule has 4 heteroatoms. The Labute approximate surface area is 102 Å². The first-order valence-electron chi connectivity index (χ1n) is 4.99. The maximum absolute atomic E-state index is 6.03. The molecule has 2 atom stereocenters. The molecule has 0 unspecified atom stereocenters. The highest BCUT2D eigenvalue weighted by molar-refractivity contribution is 9.10. The van der Waals surface area contributed by atoms with Crippen molar-refractivity contribution in [3.63, 3.8) is 0 Å². The molecule has 3 rings (SSSR count). The average Bonchev–Trinajstić information content (AvgIpc) is 2.54. The van der Waals surface area contributed by atoms with E-state index >= 15 is 0 Å². The fourth-order valence-electron chi connectivity index (χ4n) is 2.34. The molecule has 0 saturated carbocycles. The van der Waals surface area contributed by atoms with Gasteiger partial charge < -0.3 is 5.32 Å². The summed E-state index contributed by atoms with van der Waals surface area (Å²) in [6.45, 7) is 2.20. The van der Waals surface area contributed by atoms with Gasteiger partial charge in [-0.3, -0.25) is 0 Å². The smallest absolute Gasteiger partial charge is 0.124 e. The Bertz CT molecular complexity index is 444. The number of halogens is 2. The van der Waals surface area contributed by atoms with Gasteiger partial charge in [0.25, 0.3) is 0 Å². The van der Waals surface area contributed by atoms with Gasteiger partial charge in [-0.2, -0.15) is 0 Å². The lowest BCUT2D eigenvalue weighted by Crippen LogP contribution is -2.22. The van der Waals surface area contributed by atoms with Crippen molar-refractivity contribution in [1.82, 2.24) is 10.3 Å². The normalized spacial score (nSPS) is 28.3. The zero-order chi connectivity index (χ0) is 10.4. The van der Waals surface area contributed by atoms with Gasteiger partial charge in [-0.1, -0.05) is 17.7 Å². The highest BCUT2D eigenvalue weighted by Gasteiger charge is 2.36. The Hall–Kier alpha value is -0.380. The number of aromatic nitrogens is 1. The van der Waals surface area contributed by atoms with Crippen LogP contribution in [0.25, 0.3) is 5.57 Å². The maximum Gasteiger partial charge on any atom is 0.124 e. The molecule has 2 aliphatic rings. The van der Waals surface area contributed by atoms with Crippen LogP contribution in [0.2, 0.25) is 5.02 Å². The van der Waals surface area contributed by atoms with E-state index in [1.54, 1.807) is 0 Å². The molecule has 1 aromatic rings. The molecule has 1 aliphatic heterocycles. The molecule has 0 spiro atoms. The van der Waals surface area contributed by atoms with Crippen molar-refractivity contribution >= 4 is 33.1 Å². The minimum Gasteiger partial charge on any atom is -0.315 e. The van der Waals surface area contributed by atoms with E-state index < -0.39 is 0 Å². The summed E-state index contributed by atoms with van der Waals surface area (Å²) >= 11 is 9.33. The third kappa shape index (κ3) is 1.53. The lowest BCUT2D eigenvalue weighted by molar-refractivity contribution is 0.564. The van der Waals surface area contributed by atoms with Gasteiger partial charge in [0.05, 0.1) is 5.02 Å². The second-order valence-corrected chi connectivity index (χ2v) is 5.21. The second kappa shape index (κ2) is 3.58. The van der Waals surface area contributed by atoms with Gasteiger partial charge in [0, 0.05) is 25.2 Å². The minimum absolute atomic E-state index is 0.670. The molecule has 2 heterocycles. The minimum atomic E-state index is 0.670. The van der Waals surface area contributed by atoms with E-state index in [9.17, 15) is 0 Å². The molecule has 0 aromatic carbocycles. The molecule has 1 fully saturated rings. The highest BCUT2D eigenvalue weighted by Crippen LogP contribution is 2.42. The van der Waals surface area contributed by atoms with Crippen LogP contribution < -0.4 is 5.32 Å². The molecule has 1 aliphatic carbocycles. The molecule has 0 amide bonds. The summed E-state index contributed by atoms with van der Waals surface area (Å²) in [5.74, 6) is 1.39. The zero-order valence-electron chi connectivity index (χ0n) is 8.00. The lowest BCUT2D eigenvalue weighted by Gasteiger charge is -2.29. The lowest BCUT2D eigenvalue weighted by atomic mass is 9.74. The molecule has 15 heavy (non-hydrogen) atoms. The van der Waals surface area contributed by atoms with Gasteiger partial charge in [0.1, 0.15) is 4.60 Å². The van der Waals surface area contributed by atoms with Gasteiger partial charge in [0.15, 0.2) is 0 Å². The number of nitrogens with zero attached hydrogens (tertiary/aromatic N) is 1. The monoisotopic (exact) mass is 284 g/mol. The average molecular weight is 286 g/mol. The number of hydrogen-bond donors (Lipinski definition) is 1. The molecule has 0 radical (unpaired) electrons. The Morgan fingerprint density at radius 1 is 1.47 bits per heavy atom.